The van der Waals surface area contributed by atoms with Gasteiger partial charge in [0.05, 0.1) is 47.4 Å². The number of anilines is 1. The Morgan fingerprint density at radius 3 is 1.95 bits per heavy atom. The Balaban J connectivity index is 1.69. The second-order valence-electron chi connectivity index (χ2n) is 15.9. The van der Waals surface area contributed by atoms with E-state index in [2.05, 4.69) is 4.90 Å². The molecule has 2 atom stereocenters. The minimum absolute atomic E-state index is 0.0439. The highest BCUT2D eigenvalue weighted by atomic mass is 32.2. The number of methoxy groups -OCH3 is 2. The molecule has 0 radical (unpaired) electrons. The molecule has 2 aliphatic heterocycles. The maximum absolute atomic E-state index is 12.3. The molecular formula is C44H61N2O15S3+. The van der Waals surface area contributed by atoms with Gasteiger partial charge in [0.1, 0.15) is 6.61 Å². The molecule has 17 nitrogen and oxygen atoms in total. The summed E-state index contributed by atoms with van der Waals surface area (Å²) in [5.41, 5.74) is 2.51. The zero-order chi connectivity index (χ0) is 47.2. The van der Waals surface area contributed by atoms with Gasteiger partial charge >= 0.3 is 5.97 Å². The van der Waals surface area contributed by atoms with Crippen molar-refractivity contribution in [1.29, 1.82) is 0 Å². The molecule has 0 fully saturated rings. The van der Waals surface area contributed by atoms with Crippen molar-refractivity contribution in [2.24, 2.45) is 0 Å². The van der Waals surface area contributed by atoms with Crippen molar-refractivity contribution >= 4 is 53.4 Å². The normalized spacial score (nSPS) is 19.9. The summed E-state index contributed by atoms with van der Waals surface area (Å²) in [4.78, 5) is 12.7. The molecule has 2 heterocycles. The Bertz CT molecular complexity index is 2450. The van der Waals surface area contributed by atoms with Crippen molar-refractivity contribution in [3.05, 3.63) is 95.8 Å². The van der Waals surface area contributed by atoms with Gasteiger partial charge in [-0.15, -0.1) is 0 Å². The van der Waals surface area contributed by atoms with Crippen LogP contribution in [0.3, 0.4) is 0 Å². The number of hydrogen-bond acceptors (Lipinski definition) is 12. The Kier molecular flexibility index (Phi) is 19.2. The second-order valence-corrected chi connectivity index (χ2v) is 20.3. The standard InChI is InChI=1S/C44H60N2O15S3/c1-43(21-13-31-62(49,50)51)36-32-34(63(52,53)54)18-20-39(36)46(24-26-60-29-30-61-28-27-59-4)40(43)14-9-6-5-7-10-15-41-44(2,22-25-58-3)37-33-35(64(55,56)57)17-19-38(37)45(41)23-12-8-11-16-42(47)48/h5-7,9-10,14-15,17-20,32-33H,8,11-13,16,21-31H2,1-4H3,(H3-,47,48,49,50,51,52,53,54,55,56,57)/p+1. The maximum Gasteiger partial charge on any atom is 0.303 e. The molecule has 354 valence electrons. The number of carboxylic acids is 1. The number of allylic oxidation sites excluding steroid dienone is 8. The summed E-state index contributed by atoms with van der Waals surface area (Å²) in [5, 5.41) is 9.12. The predicted octanol–water partition coefficient (Wildman–Crippen LogP) is 5.90. The van der Waals surface area contributed by atoms with Crippen molar-refractivity contribution in [3.8, 4) is 0 Å². The van der Waals surface area contributed by atoms with Crippen LogP contribution in [-0.4, -0.2) is 133 Å². The van der Waals surface area contributed by atoms with E-state index in [-0.39, 0.29) is 35.7 Å². The van der Waals surface area contributed by atoms with Crippen LogP contribution < -0.4 is 4.90 Å². The highest BCUT2D eigenvalue weighted by molar-refractivity contribution is 7.86. The predicted molar refractivity (Wildman–Crippen MR) is 242 cm³/mol. The average Bonchev–Trinajstić information content (AvgIpc) is 3.58. The monoisotopic (exact) mass is 953 g/mol. The van der Waals surface area contributed by atoms with Crippen molar-refractivity contribution in [1.82, 2.24) is 0 Å². The van der Waals surface area contributed by atoms with Gasteiger partial charge < -0.3 is 29.0 Å². The number of rotatable bonds is 28. The molecule has 2 aliphatic rings. The summed E-state index contributed by atoms with van der Waals surface area (Å²) < 4.78 is 126. The van der Waals surface area contributed by atoms with E-state index in [0.717, 1.165) is 11.4 Å². The fourth-order valence-corrected chi connectivity index (χ4v) is 9.66. The zero-order valence-corrected chi connectivity index (χ0v) is 39.2. The summed E-state index contributed by atoms with van der Waals surface area (Å²) in [7, 11) is -10.2. The summed E-state index contributed by atoms with van der Waals surface area (Å²) in [6.45, 7) is 6.80. The van der Waals surface area contributed by atoms with E-state index in [1.54, 1.807) is 44.6 Å². The van der Waals surface area contributed by atoms with Crippen molar-refractivity contribution in [3.63, 3.8) is 0 Å². The molecule has 0 saturated carbocycles. The summed E-state index contributed by atoms with van der Waals surface area (Å²) in [6, 6.07) is 8.79. The van der Waals surface area contributed by atoms with Gasteiger partial charge in [-0.05, 0) is 87.9 Å². The van der Waals surface area contributed by atoms with E-state index in [1.165, 1.54) is 24.3 Å². The lowest BCUT2D eigenvalue weighted by atomic mass is 9.76. The number of unbranched alkanes of at least 4 members (excludes halogenated alkanes) is 2. The summed E-state index contributed by atoms with van der Waals surface area (Å²) in [6.07, 6.45) is 15.4. The molecule has 0 amide bonds. The van der Waals surface area contributed by atoms with E-state index >= 15 is 0 Å². The van der Waals surface area contributed by atoms with Crippen LogP contribution in [0.25, 0.3) is 0 Å². The van der Waals surface area contributed by atoms with Gasteiger partial charge in [-0.3, -0.25) is 18.5 Å². The lowest BCUT2D eigenvalue weighted by molar-refractivity contribution is -0.442. The number of ether oxygens (including phenoxy) is 4. The molecule has 64 heavy (non-hydrogen) atoms. The molecule has 0 aromatic heterocycles. The van der Waals surface area contributed by atoms with Gasteiger partial charge in [0.15, 0.2) is 12.3 Å². The molecule has 2 aromatic carbocycles. The first-order valence-corrected chi connectivity index (χ1v) is 25.4. The largest absolute Gasteiger partial charge is 0.481 e. The third-order valence-electron chi connectivity index (χ3n) is 11.4. The van der Waals surface area contributed by atoms with Gasteiger partial charge in [-0.25, -0.2) is 0 Å². The first-order valence-electron chi connectivity index (χ1n) is 20.9. The molecule has 0 spiro atoms. The van der Waals surface area contributed by atoms with Crippen LogP contribution in [0.15, 0.2) is 94.4 Å². The Hall–Kier alpha value is -4.09. The Morgan fingerprint density at radius 1 is 0.703 bits per heavy atom. The van der Waals surface area contributed by atoms with Gasteiger partial charge in [0.2, 0.25) is 5.69 Å². The van der Waals surface area contributed by atoms with Crippen LogP contribution in [0.5, 0.6) is 0 Å². The second kappa shape index (κ2) is 23.4. The minimum atomic E-state index is -4.59. The number of nitrogens with zero attached hydrogens (tertiary/aromatic N) is 2. The molecule has 2 aromatic rings. The van der Waals surface area contributed by atoms with E-state index < -0.39 is 52.9 Å². The number of carbonyl (C=O) groups is 1. The first kappa shape index (κ1) is 52.5. The molecule has 0 saturated heterocycles. The van der Waals surface area contributed by atoms with Gasteiger partial charge in [0, 0.05) is 68.3 Å². The molecule has 4 N–H and O–H groups in total. The molecule has 4 rings (SSSR count). The van der Waals surface area contributed by atoms with E-state index in [1.807, 2.05) is 42.7 Å². The van der Waals surface area contributed by atoms with Gasteiger partial charge in [0.25, 0.3) is 30.4 Å². The van der Waals surface area contributed by atoms with Crippen LogP contribution in [0.4, 0.5) is 11.4 Å². The van der Waals surface area contributed by atoms with Crippen LogP contribution in [0.2, 0.25) is 0 Å². The average molecular weight is 954 g/mol. The topological polar surface area (TPSA) is 244 Å². The fourth-order valence-electron chi connectivity index (χ4n) is 8.14. The number of benzene rings is 2. The third-order valence-corrected chi connectivity index (χ3v) is 13.9. The highest BCUT2D eigenvalue weighted by Crippen LogP contribution is 2.51. The molecular weight excluding hydrogens is 893 g/mol. The number of hydrogen-bond donors (Lipinski definition) is 4. The van der Waals surface area contributed by atoms with Crippen LogP contribution >= 0.6 is 0 Å². The van der Waals surface area contributed by atoms with Crippen LogP contribution in [0.1, 0.15) is 69.9 Å². The highest BCUT2D eigenvalue weighted by Gasteiger charge is 2.48. The van der Waals surface area contributed by atoms with Crippen LogP contribution in [-0.2, 0) is 64.9 Å². The fraction of sp³-hybridized carbons (Fsp3) is 0.500. The van der Waals surface area contributed by atoms with Crippen molar-refractivity contribution in [2.45, 2.75) is 79.4 Å². The zero-order valence-electron chi connectivity index (χ0n) is 36.7. The SMILES string of the molecule is COCCOCCOCC[N+]1=C(/C=C/C=C/C=C/C=C2/N(CCCCCC(=O)O)c3ccc(S(=O)(=O)O)cc3C2(C)CCOC)C(C)(CCCS(=O)(=O)O)c2cc(S(=O)(=O)O)ccc21. The first-order chi connectivity index (χ1) is 30.2. The molecule has 0 aliphatic carbocycles. The lowest BCUT2D eigenvalue weighted by Crippen LogP contribution is -2.32. The van der Waals surface area contributed by atoms with Crippen molar-refractivity contribution in [2.75, 3.05) is 77.6 Å². The Labute approximate surface area is 377 Å². The lowest BCUT2D eigenvalue weighted by Gasteiger charge is -2.30. The van der Waals surface area contributed by atoms with Gasteiger partial charge in [-0.2, -0.15) is 29.8 Å². The van der Waals surface area contributed by atoms with Crippen molar-refractivity contribution < 1.29 is 72.3 Å². The number of aliphatic carboxylic acids is 1. The number of fused-ring (bicyclic) bond motifs is 2. The quantitative estimate of drug-likeness (QED) is 0.0336. The smallest absolute Gasteiger partial charge is 0.303 e. The molecule has 0 bridgehead atoms. The van der Waals surface area contributed by atoms with E-state index in [4.69, 9.17) is 24.1 Å². The Morgan fingerprint density at radius 2 is 1.31 bits per heavy atom. The summed E-state index contributed by atoms with van der Waals surface area (Å²) >= 11 is 0. The molecule has 2 unspecified atom stereocenters. The van der Waals surface area contributed by atoms with Crippen LogP contribution in [0, 0.1) is 0 Å². The van der Waals surface area contributed by atoms with E-state index in [9.17, 15) is 43.7 Å². The van der Waals surface area contributed by atoms with E-state index in [0.29, 0.717) is 94.3 Å². The van der Waals surface area contributed by atoms with Gasteiger partial charge in [-0.1, -0.05) is 36.8 Å². The minimum Gasteiger partial charge on any atom is -0.481 e. The third kappa shape index (κ3) is 14.2. The molecule has 20 heteroatoms. The maximum atomic E-state index is 12.3. The summed E-state index contributed by atoms with van der Waals surface area (Å²) in [5.74, 6) is -1.38. The number of carboxylic acid groups (broad SMARTS) is 1.